The fourth-order valence-electron chi connectivity index (χ4n) is 3.57. The van der Waals surface area contributed by atoms with Gasteiger partial charge in [-0.25, -0.2) is 8.42 Å². The van der Waals surface area contributed by atoms with Crippen LogP contribution in [-0.4, -0.2) is 63.2 Å². The molecular formula is C26H37N3O5S. The van der Waals surface area contributed by atoms with Crippen molar-refractivity contribution in [1.29, 1.82) is 0 Å². The molecule has 0 aliphatic heterocycles. The molecule has 0 saturated heterocycles. The van der Waals surface area contributed by atoms with Gasteiger partial charge in [-0.05, 0) is 51.3 Å². The molecule has 0 unspecified atom stereocenters. The molecule has 0 saturated carbocycles. The van der Waals surface area contributed by atoms with Crippen molar-refractivity contribution >= 4 is 27.5 Å². The number of sulfonamides is 1. The number of nitrogens with zero attached hydrogens (tertiary/aromatic N) is 2. The molecule has 8 nitrogen and oxygen atoms in total. The van der Waals surface area contributed by atoms with Crippen LogP contribution in [-0.2, 0) is 26.0 Å². The Kier molecular flexibility index (Phi) is 10.6. The molecule has 0 fully saturated rings. The molecule has 0 spiro atoms. The monoisotopic (exact) mass is 503 g/mol. The Bertz CT molecular complexity index is 1080. The van der Waals surface area contributed by atoms with E-state index in [9.17, 15) is 18.0 Å². The maximum Gasteiger partial charge on any atom is 0.244 e. The van der Waals surface area contributed by atoms with Gasteiger partial charge in [0.05, 0.1) is 18.6 Å². The van der Waals surface area contributed by atoms with Gasteiger partial charge in [-0.2, -0.15) is 0 Å². The largest absolute Gasteiger partial charge is 0.492 e. The van der Waals surface area contributed by atoms with E-state index in [-0.39, 0.29) is 24.2 Å². The minimum absolute atomic E-state index is 0.0402. The molecule has 0 aromatic heterocycles. The molecule has 1 N–H and O–H groups in total. The summed E-state index contributed by atoms with van der Waals surface area (Å²) in [4.78, 5) is 27.9. The second kappa shape index (κ2) is 13.1. The predicted octanol–water partition coefficient (Wildman–Crippen LogP) is 3.23. The van der Waals surface area contributed by atoms with Crippen LogP contribution in [0.1, 0.15) is 39.7 Å². The lowest BCUT2D eigenvalue weighted by Gasteiger charge is -2.32. The minimum Gasteiger partial charge on any atom is -0.492 e. The van der Waals surface area contributed by atoms with E-state index in [2.05, 4.69) is 5.32 Å². The smallest absolute Gasteiger partial charge is 0.244 e. The Morgan fingerprint density at radius 3 is 2.23 bits per heavy atom. The molecular weight excluding hydrogens is 466 g/mol. The van der Waals surface area contributed by atoms with Crippen LogP contribution in [0.5, 0.6) is 5.75 Å². The SMILES string of the molecule is CCOc1ccccc1N(CC(=O)N(CCc1ccccc1)[C@H](C)C(=O)N[C@@H](C)CC)S(C)(=O)=O. The molecule has 9 heteroatoms. The van der Waals surface area contributed by atoms with E-state index < -0.39 is 28.5 Å². The second-order valence-corrected chi connectivity index (χ2v) is 10.4. The third kappa shape index (κ3) is 8.28. The van der Waals surface area contributed by atoms with Crippen molar-refractivity contribution in [3.05, 3.63) is 60.2 Å². The number of carbonyl (C=O) groups excluding carboxylic acids is 2. The second-order valence-electron chi connectivity index (χ2n) is 8.49. The molecule has 2 atom stereocenters. The van der Waals surface area contributed by atoms with Crippen molar-refractivity contribution in [2.24, 2.45) is 0 Å². The molecule has 2 aromatic rings. The number of nitrogens with one attached hydrogen (secondary N) is 1. The zero-order chi connectivity index (χ0) is 26.0. The van der Waals surface area contributed by atoms with E-state index >= 15 is 0 Å². The highest BCUT2D eigenvalue weighted by molar-refractivity contribution is 7.92. The number of amides is 2. The van der Waals surface area contributed by atoms with Gasteiger partial charge < -0.3 is 15.0 Å². The number of carbonyl (C=O) groups is 2. The van der Waals surface area contributed by atoms with Gasteiger partial charge in [0.25, 0.3) is 0 Å². The van der Waals surface area contributed by atoms with E-state index in [4.69, 9.17) is 4.74 Å². The third-order valence-corrected chi connectivity index (χ3v) is 6.89. The van der Waals surface area contributed by atoms with Crippen LogP contribution < -0.4 is 14.4 Å². The van der Waals surface area contributed by atoms with Crippen molar-refractivity contribution in [1.82, 2.24) is 10.2 Å². The van der Waals surface area contributed by atoms with Crippen LogP contribution in [0.25, 0.3) is 0 Å². The maximum atomic E-state index is 13.6. The van der Waals surface area contributed by atoms with E-state index in [1.807, 2.05) is 44.2 Å². The summed E-state index contributed by atoms with van der Waals surface area (Å²) >= 11 is 0. The van der Waals surface area contributed by atoms with Crippen LogP contribution in [0, 0.1) is 0 Å². The molecule has 0 bridgehead atoms. The van der Waals surface area contributed by atoms with Crippen LogP contribution >= 0.6 is 0 Å². The lowest BCUT2D eigenvalue weighted by molar-refractivity contribution is -0.139. The Hall–Kier alpha value is -3.07. The lowest BCUT2D eigenvalue weighted by Crippen LogP contribution is -2.53. The summed E-state index contributed by atoms with van der Waals surface area (Å²) in [7, 11) is -3.82. The first-order valence-electron chi connectivity index (χ1n) is 11.9. The number of rotatable bonds is 13. The quantitative estimate of drug-likeness (QED) is 0.453. The van der Waals surface area contributed by atoms with Crippen LogP contribution in [0.15, 0.2) is 54.6 Å². The van der Waals surface area contributed by atoms with Crippen LogP contribution in [0.3, 0.4) is 0 Å². The fraction of sp³-hybridized carbons (Fsp3) is 0.462. The Morgan fingerprint density at radius 1 is 1.00 bits per heavy atom. The van der Waals surface area contributed by atoms with E-state index in [0.29, 0.717) is 18.8 Å². The Morgan fingerprint density at radius 2 is 1.63 bits per heavy atom. The summed E-state index contributed by atoms with van der Waals surface area (Å²) in [6, 6.07) is 15.5. The molecule has 2 aromatic carbocycles. The first-order chi connectivity index (χ1) is 16.6. The van der Waals surface area contributed by atoms with Gasteiger partial charge in [0.15, 0.2) is 0 Å². The average Bonchev–Trinajstić information content (AvgIpc) is 2.83. The van der Waals surface area contributed by atoms with Gasteiger partial charge in [0.2, 0.25) is 21.8 Å². The topological polar surface area (TPSA) is 96.0 Å². The molecule has 2 amide bonds. The van der Waals surface area contributed by atoms with Crippen molar-refractivity contribution in [3.8, 4) is 5.75 Å². The van der Waals surface area contributed by atoms with Crippen LogP contribution in [0.4, 0.5) is 5.69 Å². The van der Waals surface area contributed by atoms with E-state index in [0.717, 1.165) is 22.5 Å². The number of anilines is 1. The molecule has 192 valence electrons. The summed E-state index contributed by atoms with van der Waals surface area (Å²) in [5.41, 5.74) is 1.30. The highest BCUT2D eigenvalue weighted by Gasteiger charge is 2.31. The highest BCUT2D eigenvalue weighted by atomic mass is 32.2. The zero-order valence-electron chi connectivity index (χ0n) is 21.2. The minimum atomic E-state index is -3.82. The van der Waals surface area contributed by atoms with Gasteiger partial charge in [0.1, 0.15) is 18.3 Å². The van der Waals surface area contributed by atoms with E-state index in [1.165, 1.54) is 4.90 Å². The maximum absolute atomic E-state index is 13.6. The Labute approximate surface area is 209 Å². The molecule has 0 aliphatic carbocycles. The van der Waals surface area contributed by atoms with Crippen molar-refractivity contribution < 1.29 is 22.7 Å². The molecule has 0 aliphatic rings. The number of para-hydroxylation sites is 2. The summed E-state index contributed by atoms with van der Waals surface area (Å²) in [5, 5.41) is 2.92. The van der Waals surface area contributed by atoms with Crippen molar-refractivity contribution in [2.75, 3.05) is 30.3 Å². The highest BCUT2D eigenvalue weighted by Crippen LogP contribution is 2.30. The first kappa shape index (κ1) is 28.2. The number of hydrogen-bond donors (Lipinski definition) is 1. The first-order valence-corrected chi connectivity index (χ1v) is 13.8. The molecule has 0 heterocycles. The summed E-state index contributed by atoms with van der Waals surface area (Å²) in [5.74, 6) is -0.377. The Balaban J connectivity index is 2.35. The van der Waals surface area contributed by atoms with Crippen molar-refractivity contribution in [3.63, 3.8) is 0 Å². The summed E-state index contributed by atoms with van der Waals surface area (Å²) in [6.45, 7) is 7.50. The summed E-state index contributed by atoms with van der Waals surface area (Å²) < 4.78 is 32.1. The molecule has 0 radical (unpaired) electrons. The standard InChI is InChI=1S/C26H37N3O5S/c1-6-20(3)27-26(31)21(4)28(18-17-22-13-9-8-10-14-22)25(30)19-29(35(5,32)33)23-15-11-12-16-24(23)34-7-2/h8-16,20-21H,6-7,17-19H2,1-5H3,(H,27,31)/t20-,21+/m0/s1. The van der Waals surface area contributed by atoms with E-state index in [1.54, 1.807) is 38.1 Å². The number of hydrogen-bond acceptors (Lipinski definition) is 5. The van der Waals surface area contributed by atoms with Crippen LogP contribution in [0.2, 0.25) is 0 Å². The number of ether oxygens (including phenoxy) is 1. The zero-order valence-corrected chi connectivity index (χ0v) is 22.0. The summed E-state index contributed by atoms with van der Waals surface area (Å²) in [6.07, 6.45) is 2.34. The molecule has 2 rings (SSSR count). The van der Waals surface area contributed by atoms with Gasteiger partial charge in [0, 0.05) is 12.6 Å². The van der Waals surface area contributed by atoms with Gasteiger partial charge >= 0.3 is 0 Å². The van der Waals surface area contributed by atoms with Crippen molar-refractivity contribution in [2.45, 2.75) is 52.6 Å². The fourth-order valence-corrected chi connectivity index (χ4v) is 4.42. The third-order valence-electron chi connectivity index (χ3n) is 5.77. The predicted molar refractivity (Wildman–Crippen MR) is 139 cm³/mol. The molecule has 35 heavy (non-hydrogen) atoms. The number of benzene rings is 2. The van der Waals surface area contributed by atoms with Gasteiger partial charge in [-0.3, -0.25) is 13.9 Å². The lowest BCUT2D eigenvalue weighted by atomic mass is 10.1. The van der Waals surface area contributed by atoms with Gasteiger partial charge in [-0.15, -0.1) is 0 Å². The normalized spacial score (nSPS) is 12.9. The van der Waals surface area contributed by atoms with Gasteiger partial charge in [-0.1, -0.05) is 49.4 Å². The average molecular weight is 504 g/mol.